The van der Waals surface area contributed by atoms with Gasteiger partial charge in [-0.05, 0) is 57.8 Å². The zero-order valence-corrected chi connectivity index (χ0v) is 22.0. The summed E-state index contributed by atoms with van der Waals surface area (Å²) in [7, 11) is 3.21. The van der Waals surface area contributed by atoms with E-state index in [1.807, 2.05) is 30.5 Å². The highest BCUT2D eigenvalue weighted by molar-refractivity contribution is 7.18. The second-order valence-electron chi connectivity index (χ2n) is 8.65. The number of benzene rings is 3. The van der Waals surface area contributed by atoms with E-state index in [2.05, 4.69) is 56.2 Å². The Hall–Kier alpha value is -4.41. The lowest BCUT2D eigenvalue weighted by Gasteiger charge is -2.10. The molecule has 3 aromatic carbocycles. The summed E-state index contributed by atoms with van der Waals surface area (Å²) in [5.74, 6) is 1.94. The smallest absolute Gasteiger partial charge is 0.294 e. The van der Waals surface area contributed by atoms with Crippen molar-refractivity contribution in [1.29, 1.82) is 0 Å². The second kappa shape index (κ2) is 9.16. The van der Waals surface area contributed by atoms with E-state index in [1.54, 1.807) is 18.7 Å². The van der Waals surface area contributed by atoms with Gasteiger partial charge in [-0.1, -0.05) is 30.3 Å². The molecule has 0 atom stereocenters. The Kier molecular flexibility index (Phi) is 5.49. The first-order valence-electron chi connectivity index (χ1n) is 11.8. The van der Waals surface area contributed by atoms with Crippen molar-refractivity contribution in [2.45, 2.75) is 6.61 Å². The van der Waals surface area contributed by atoms with Gasteiger partial charge in [0.15, 0.2) is 5.76 Å². The number of ether oxygens (including phenoxy) is 3. The van der Waals surface area contributed by atoms with Gasteiger partial charge in [0.1, 0.15) is 29.4 Å². The second-order valence-corrected chi connectivity index (χ2v) is 10.2. The van der Waals surface area contributed by atoms with Crippen LogP contribution >= 0.6 is 22.9 Å². The van der Waals surface area contributed by atoms with Gasteiger partial charge in [-0.15, -0.1) is 5.10 Å². The van der Waals surface area contributed by atoms with E-state index in [1.165, 1.54) is 22.9 Å². The first kappa shape index (κ1) is 22.8. The first-order chi connectivity index (χ1) is 18.7. The molecule has 0 unspecified atom stereocenters. The number of hydrogen-bond donors (Lipinski definition) is 0. The lowest BCUT2D eigenvalue weighted by molar-refractivity contribution is 0.307. The lowest BCUT2D eigenvalue weighted by atomic mass is 10.0. The number of rotatable bonds is 7. The highest BCUT2D eigenvalue weighted by Gasteiger charge is 2.17. The highest BCUT2D eigenvalue weighted by Crippen LogP contribution is 2.38. The van der Waals surface area contributed by atoms with Crippen LogP contribution in [0.5, 0.6) is 16.7 Å². The predicted octanol–water partition coefficient (Wildman–Crippen LogP) is 7.08. The molecule has 7 rings (SSSR count). The molecule has 0 aliphatic rings. The quantitative estimate of drug-likeness (QED) is 0.214. The van der Waals surface area contributed by atoms with Crippen LogP contribution in [0.1, 0.15) is 5.56 Å². The molecule has 38 heavy (non-hydrogen) atoms. The summed E-state index contributed by atoms with van der Waals surface area (Å²) in [4.78, 5) is 5.36. The Balaban J connectivity index is 1.19. The molecule has 4 aromatic heterocycles. The predicted molar refractivity (Wildman–Crippen MR) is 149 cm³/mol. The summed E-state index contributed by atoms with van der Waals surface area (Å²) in [6.45, 7) is 0.388. The van der Waals surface area contributed by atoms with Crippen LogP contribution in [-0.4, -0.2) is 33.2 Å². The van der Waals surface area contributed by atoms with Crippen LogP contribution in [0.2, 0.25) is 0 Å². The summed E-state index contributed by atoms with van der Waals surface area (Å²) in [6.07, 6.45) is 1.82. The zero-order chi connectivity index (χ0) is 25.6. The van der Waals surface area contributed by atoms with Gasteiger partial charge in [-0.3, -0.25) is 0 Å². The van der Waals surface area contributed by atoms with Crippen LogP contribution in [0.3, 0.4) is 0 Å². The van der Waals surface area contributed by atoms with Crippen molar-refractivity contribution in [3.8, 4) is 39.3 Å². The van der Waals surface area contributed by atoms with Gasteiger partial charge in [0.2, 0.25) is 4.96 Å². The molecule has 8 nitrogen and oxygen atoms in total. The van der Waals surface area contributed by atoms with Crippen molar-refractivity contribution in [2.24, 2.45) is 0 Å². The Labute approximate surface area is 224 Å². The number of fused-ring (bicyclic) bond motifs is 3. The van der Waals surface area contributed by atoms with Gasteiger partial charge >= 0.3 is 0 Å². The van der Waals surface area contributed by atoms with Crippen LogP contribution in [0.15, 0.2) is 76.7 Å². The third-order valence-corrected chi connectivity index (χ3v) is 7.82. The molecule has 188 valence electrons. The average Bonchev–Trinajstić information content (AvgIpc) is 3.73. The standard InChI is InChI=1S/C28H20N4O4S2/c1-33-20-10-24(21-12-26(36-25(21)11-20)23-13-32-27(29-23)38-28(30-32)34-2)35-14-16-4-3-5-17(8-16)18-6-7-19-15-37-31-22(19)9-18/h3-13,15H,14H2,1-2H3. The molecule has 7 aromatic rings. The maximum Gasteiger partial charge on any atom is 0.294 e. The van der Waals surface area contributed by atoms with E-state index >= 15 is 0 Å². The number of methoxy groups -OCH3 is 2. The maximum absolute atomic E-state index is 6.32. The monoisotopic (exact) mass is 540 g/mol. The minimum atomic E-state index is 0.388. The van der Waals surface area contributed by atoms with Gasteiger partial charge in [-0.2, -0.15) is 4.37 Å². The summed E-state index contributed by atoms with van der Waals surface area (Å²) in [5.41, 5.74) is 5.64. The molecule has 10 heteroatoms. The van der Waals surface area contributed by atoms with Crippen LogP contribution in [0.4, 0.5) is 0 Å². The lowest BCUT2D eigenvalue weighted by Crippen LogP contribution is -1.97. The molecular formula is C28H20N4O4S2. The Morgan fingerprint density at radius 2 is 1.89 bits per heavy atom. The van der Waals surface area contributed by atoms with E-state index in [0.717, 1.165) is 37.9 Å². The summed E-state index contributed by atoms with van der Waals surface area (Å²) < 4.78 is 29.3. The number of nitrogens with zero attached hydrogens (tertiary/aromatic N) is 4. The number of furan rings is 1. The largest absolute Gasteiger partial charge is 0.496 e. The number of hydrogen-bond acceptors (Lipinski definition) is 9. The number of imidazole rings is 1. The highest BCUT2D eigenvalue weighted by atomic mass is 32.1. The maximum atomic E-state index is 6.32. The van der Waals surface area contributed by atoms with Crippen LogP contribution < -0.4 is 14.2 Å². The zero-order valence-electron chi connectivity index (χ0n) is 20.4. The molecule has 0 spiro atoms. The average molecular weight is 541 g/mol. The van der Waals surface area contributed by atoms with Gasteiger partial charge in [-0.25, -0.2) is 9.50 Å². The molecule has 0 aliphatic carbocycles. The molecule has 0 radical (unpaired) electrons. The SMILES string of the molecule is COc1cc(OCc2cccc(-c3ccc4csnc4c3)c2)c2cc(-c3cn4nc(OC)sc4n3)oc2c1. The van der Waals surface area contributed by atoms with Gasteiger partial charge in [0.05, 0.1) is 31.3 Å². The molecule has 4 heterocycles. The van der Waals surface area contributed by atoms with Gasteiger partial charge in [0.25, 0.3) is 5.19 Å². The molecule has 0 bridgehead atoms. The number of aromatic nitrogens is 4. The molecule has 0 saturated carbocycles. The molecular weight excluding hydrogens is 520 g/mol. The van der Waals surface area contributed by atoms with E-state index in [9.17, 15) is 0 Å². The van der Waals surface area contributed by atoms with E-state index in [-0.39, 0.29) is 0 Å². The molecule has 0 aliphatic heterocycles. The molecule has 0 saturated heterocycles. The Bertz CT molecular complexity index is 1900. The summed E-state index contributed by atoms with van der Waals surface area (Å²) in [5, 5.41) is 8.95. The van der Waals surface area contributed by atoms with Gasteiger partial charge in [0, 0.05) is 22.9 Å². The van der Waals surface area contributed by atoms with Crippen molar-refractivity contribution in [3.05, 3.63) is 77.8 Å². The normalized spacial score (nSPS) is 11.5. The van der Waals surface area contributed by atoms with Crippen molar-refractivity contribution in [1.82, 2.24) is 19.0 Å². The minimum Gasteiger partial charge on any atom is -0.496 e. The van der Waals surface area contributed by atoms with Crippen molar-refractivity contribution in [2.75, 3.05) is 14.2 Å². The topological polar surface area (TPSA) is 83.9 Å². The summed E-state index contributed by atoms with van der Waals surface area (Å²) in [6, 6.07) is 20.4. The Morgan fingerprint density at radius 1 is 0.974 bits per heavy atom. The fourth-order valence-electron chi connectivity index (χ4n) is 4.37. The molecule has 0 fully saturated rings. The van der Waals surface area contributed by atoms with E-state index < -0.39 is 0 Å². The van der Waals surface area contributed by atoms with Crippen molar-refractivity contribution >= 4 is 49.7 Å². The van der Waals surface area contributed by atoms with E-state index in [4.69, 9.17) is 18.6 Å². The van der Waals surface area contributed by atoms with Gasteiger partial charge < -0.3 is 18.6 Å². The van der Waals surface area contributed by atoms with Crippen LogP contribution in [0, 0.1) is 0 Å². The minimum absolute atomic E-state index is 0.388. The van der Waals surface area contributed by atoms with Crippen LogP contribution in [0.25, 0.3) is 49.4 Å². The van der Waals surface area contributed by atoms with Crippen molar-refractivity contribution < 1.29 is 18.6 Å². The van der Waals surface area contributed by atoms with Crippen molar-refractivity contribution in [3.63, 3.8) is 0 Å². The Morgan fingerprint density at radius 3 is 2.76 bits per heavy atom. The third kappa shape index (κ3) is 4.04. The first-order valence-corrected chi connectivity index (χ1v) is 13.4. The fourth-order valence-corrected chi connectivity index (χ4v) is 5.71. The van der Waals surface area contributed by atoms with Crippen LogP contribution in [-0.2, 0) is 6.61 Å². The molecule has 0 amide bonds. The third-order valence-electron chi connectivity index (χ3n) is 6.28. The summed E-state index contributed by atoms with van der Waals surface area (Å²) >= 11 is 2.84. The van der Waals surface area contributed by atoms with E-state index in [0.29, 0.717) is 40.3 Å². The fraction of sp³-hybridized carbons (Fsp3) is 0.107. The molecule has 0 N–H and O–H groups in total.